The summed E-state index contributed by atoms with van der Waals surface area (Å²) in [6.45, 7) is 2.25. The van der Waals surface area contributed by atoms with Crippen molar-refractivity contribution in [3.63, 3.8) is 0 Å². The van der Waals surface area contributed by atoms with Gasteiger partial charge in [0.2, 0.25) is 0 Å². The van der Waals surface area contributed by atoms with Crippen LogP contribution in [-0.4, -0.2) is 52.8 Å². The van der Waals surface area contributed by atoms with E-state index < -0.39 is 9.84 Å². The number of sulfone groups is 1. The minimum Gasteiger partial charge on any atom is -0.316 e. The van der Waals surface area contributed by atoms with Crippen molar-refractivity contribution in [2.45, 2.75) is 11.3 Å². The molecule has 108 valence electrons. The predicted octanol–water partition coefficient (Wildman–Crippen LogP) is 1.66. The van der Waals surface area contributed by atoms with E-state index in [0.29, 0.717) is 6.54 Å². The number of benzene rings is 1. The highest BCUT2D eigenvalue weighted by Crippen LogP contribution is 2.21. The molecule has 0 spiro atoms. The highest BCUT2D eigenvalue weighted by Gasteiger charge is 2.16. The Balaban J connectivity index is 2.38. The normalized spacial score (nSPS) is 12.0. The summed E-state index contributed by atoms with van der Waals surface area (Å²) in [5, 5.41) is 3.42. The van der Waals surface area contributed by atoms with E-state index in [0.717, 1.165) is 19.5 Å². The topological polar surface area (TPSA) is 49.4 Å². The van der Waals surface area contributed by atoms with Gasteiger partial charge >= 0.3 is 0 Å². The van der Waals surface area contributed by atoms with Gasteiger partial charge < -0.3 is 10.2 Å². The molecule has 0 atom stereocenters. The average molecular weight is 305 g/mol. The maximum atomic E-state index is 12.1. The van der Waals surface area contributed by atoms with E-state index in [1.165, 1.54) is 0 Å². The van der Waals surface area contributed by atoms with Gasteiger partial charge in [0.1, 0.15) is 0 Å². The van der Waals surface area contributed by atoms with Crippen molar-refractivity contribution >= 4 is 21.4 Å². The first-order chi connectivity index (χ1) is 8.93. The second kappa shape index (κ2) is 7.85. The smallest absolute Gasteiger partial charge is 0.181 e. The Morgan fingerprint density at radius 2 is 1.89 bits per heavy atom. The van der Waals surface area contributed by atoms with Crippen LogP contribution in [0.25, 0.3) is 0 Å². The number of halogens is 1. The molecule has 0 aliphatic heterocycles. The van der Waals surface area contributed by atoms with Crippen LogP contribution in [-0.2, 0) is 9.84 Å². The van der Waals surface area contributed by atoms with Crippen LogP contribution >= 0.6 is 11.6 Å². The highest BCUT2D eigenvalue weighted by atomic mass is 35.5. The van der Waals surface area contributed by atoms with Gasteiger partial charge in [0.25, 0.3) is 0 Å². The summed E-state index contributed by atoms with van der Waals surface area (Å²) in [7, 11) is 0.732. The van der Waals surface area contributed by atoms with Crippen LogP contribution in [0.4, 0.5) is 0 Å². The Morgan fingerprint density at radius 3 is 2.53 bits per heavy atom. The zero-order chi connectivity index (χ0) is 14.3. The number of hydrogen-bond donors (Lipinski definition) is 1. The monoisotopic (exact) mass is 304 g/mol. The van der Waals surface area contributed by atoms with Gasteiger partial charge in [0.15, 0.2) is 9.84 Å². The van der Waals surface area contributed by atoms with Crippen molar-refractivity contribution in [3.05, 3.63) is 29.3 Å². The van der Waals surface area contributed by atoms with E-state index in [9.17, 15) is 8.42 Å². The minimum absolute atomic E-state index is 0.0682. The first-order valence-corrected chi connectivity index (χ1v) is 8.29. The number of hydrogen-bond acceptors (Lipinski definition) is 4. The van der Waals surface area contributed by atoms with E-state index in [-0.39, 0.29) is 15.7 Å². The fourth-order valence-electron chi connectivity index (χ4n) is 1.66. The minimum atomic E-state index is -3.30. The molecule has 1 rings (SSSR count). The molecule has 0 amide bonds. The SMILES string of the molecule is CN(C)CCCNCCS(=O)(=O)c1ccccc1Cl. The molecular formula is C13H21ClN2O2S. The summed E-state index contributed by atoms with van der Waals surface area (Å²) in [4.78, 5) is 2.31. The van der Waals surface area contributed by atoms with Crippen molar-refractivity contribution in [1.82, 2.24) is 10.2 Å². The Hall–Kier alpha value is -0.620. The Labute approximate surface area is 120 Å². The van der Waals surface area contributed by atoms with E-state index >= 15 is 0 Å². The van der Waals surface area contributed by atoms with Crippen LogP contribution in [0.15, 0.2) is 29.2 Å². The second-order valence-electron chi connectivity index (χ2n) is 4.66. The maximum absolute atomic E-state index is 12.1. The molecule has 0 heterocycles. The lowest BCUT2D eigenvalue weighted by atomic mass is 10.4. The molecule has 0 saturated carbocycles. The standard InChI is InChI=1S/C13H21ClN2O2S/c1-16(2)10-5-8-15-9-11-19(17,18)13-7-4-3-6-12(13)14/h3-4,6-7,15H,5,8-11H2,1-2H3. The van der Waals surface area contributed by atoms with Crippen LogP contribution in [0.3, 0.4) is 0 Å². The lowest BCUT2D eigenvalue weighted by Gasteiger charge is -2.10. The highest BCUT2D eigenvalue weighted by molar-refractivity contribution is 7.91. The molecule has 0 fully saturated rings. The molecule has 6 heteroatoms. The Morgan fingerprint density at radius 1 is 1.21 bits per heavy atom. The molecule has 1 aromatic rings. The van der Waals surface area contributed by atoms with Gasteiger partial charge in [-0.1, -0.05) is 23.7 Å². The third kappa shape index (κ3) is 5.91. The first-order valence-electron chi connectivity index (χ1n) is 6.26. The van der Waals surface area contributed by atoms with Gasteiger partial charge in [0.05, 0.1) is 15.7 Å². The van der Waals surface area contributed by atoms with Crippen LogP contribution < -0.4 is 5.32 Å². The predicted molar refractivity (Wildman–Crippen MR) is 79.5 cm³/mol. The lowest BCUT2D eigenvalue weighted by molar-refractivity contribution is 0.395. The number of nitrogens with zero attached hydrogens (tertiary/aromatic N) is 1. The average Bonchev–Trinajstić information content (AvgIpc) is 2.33. The van der Waals surface area contributed by atoms with Crippen molar-refractivity contribution < 1.29 is 8.42 Å². The largest absolute Gasteiger partial charge is 0.316 e. The summed E-state index contributed by atoms with van der Waals surface area (Å²) in [5.74, 6) is 0.0682. The molecule has 0 saturated heterocycles. The lowest BCUT2D eigenvalue weighted by Crippen LogP contribution is -2.26. The van der Waals surface area contributed by atoms with E-state index in [1.807, 2.05) is 14.1 Å². The van der Waals surface area contributed by atoms with Crippen molar-refractivity contribution in [1.29, 1.82) is 0 Å². The molecular weight excluding hydrogens is 284 g/mol. The van der Waals surface area contributed by atoms with Crippen molar-refractivity contribution in [3.8, 4) is 0 Å². The second-order valence-corrected chi connectivity index (χ2v) is 7.14. The number of rotatable bonds is 8. The van der Waals surface area contributed by atoms with E-state index in [2.05, 4.69) is 10.2 Å². The van der Waals surface area contributed by atoms with Gasteiger partial charge in [-0.3, -0.25) is 0 Å². The molecule has 4 nitrogen and oxygen atoms in total. The third-order valence-electron chi connectivity index (χ3n) is 2.68. The molecule has 0 aromatic heterocycles. The summed E-state index contributed by atoms with van der Waals surface area (Å²) >= 11 is 5.90. The quantitative estimate of drug-likeness (QED) is 0.742. The van der Waals surface area contributed by atoms with Gasteiger partial charge in [-0.15, -0.1) is 0 Å². The molecule has 0 radical (unpaired) electrons. The molecule has 19 heavy (non-hydrogen) atoms. The zero-order valence-electron chi connectivity index (χ0n) is 11.4. The zero-order valence-corrected chi connectivity index (χ0v) is 13.0. The Kier molecular flexibility index (Phi) is 6.79. The fraction of sp³-hybridized carbons (Fsp3) is 0.538. The first kappa shape index (κ1) is 16.4. The molecule has 0 aliphatic carbocycles. The van der Waals surface area contributed by atoms with Gasteiger partial charge in [-0.05, 0) is 45.7 Å². The molecule has 0 unspecified atom stereocenters. The van der Waals surface area contributed by atoms with Crippen LogP contribution in [0.5, 0.6) is 0 Å². The van der Waals surface area contributed by atoms with Gasteiger partial charge in [-0.25, -0.2) is 8.42 Å². The van der Waals surface area contributed by atoms with Crippen LogP contribution in [0, 0.1) is 0 Å². The van der Waals surface area contributed by atoms with E-state index in [1.54, 1.807) is 24.3 Å². The van der Waals surface area contributed by atoms with Gasteiger partial charge in [0, 0.05) is 6.54 Å². The van der Waals surface area contributed by atoms with Crippen LogP contribution in [0.1, 0.15) is 6.42 Å². The summed E-state index contributed by atoms with van der Waals surface area (Å²) in [6.07, 6.45) is 0.999. The molecule has 0 bridgehead atoms. The Bertz CT molecular complexity index is 489. The van der Waals surface area contributed by atoms with Gasteiger partial charge in [-0.2, -0.15) is 0 Å². The third-order valence-corrected chi connectivity index (χ3v) is 4.89. The fourth-order valence-corrected chi connectivity index (χ4v) is 3.43. The molecule has 1 N–H and O–H groups in total. The van der Waals surface area contributed by atoms with Crippen molar-refractivity contribution in [2.75, 3.05) is 39.5 Å². The molecule has 0 aliphatic rings. The van der Waals surface area contributed by atoms with Crippen molar-refractivity contribution in [2.24, 2.45) is 0 Å². The molecule has 1 aromatic carbocycles. The summed E-state index contributed by atoms with van der Waals surface area (Å²) in [5.41, 5.74) is 0. The van der Waals surface area contributed by atoms with E-state index in [4.69, 9.17) is 11.6 Å². The van der Waals surface area contributed by atoms with Crippen LogP contribution in [0.2, 0.25) is 5.02 Å². The maximum Gasteiger partial charge on any atom is 0.181 e. The summed E-state index contributed by atoms with van der Waals surface area (Å²) < 4.78 is 24.1. The number of nitrogens with one attached hydrogen (secondary N) is 1. The summed E-state index contributed by atoms with van der Waals surface area (Å²) in [6, 6.07) is 6.55.